The zero-order valence-electron chi connectivity index (χ0n) is 8.00. The first-order valence-electron chi connectivity index (χ1n) is 4.39. The minimum Gasteiger partial charge on any atom is -0.369 e. The van der Waals surface area contributed by atoms with Crippen LogP contribution < -0.4 is 11.3 Å². The molecular weight excluding hydrogens is 277 g/mol. The van der Waals surface area contributed by atoms with E-state index in [0.717, 1.165) is 0 Å². The summed E-state index contributed by atoms with van der Waals surface area (Å²) in [5.74, 6) is -0.405. The number of hydrogen-bond acceptors (Lipinski definition) is 3. The Bertz CT molecular complexity index is 597. The van der Waals surface area contributed by atoms with E-state index in [4.69, 9.17) is 5.73 Å². The van der Waals surface area contributed by atoms with Crippen LogP contribution in [0.3, 0.4) is 0 Å². The minimum absolute atomic E-state index is 0.00698. The largest absolute Gasteiger partial charge is 0.369 e. The molecule has 2 aromatic rings. The molecule has 1 aromatic carbocycles. The normalized spacial score (nSPS) is 10.4. The van der Waals surface area contributed by atoms with Gasteiger partial charge in [0.25, 0.3) is 5.56 Å². The number of nitrogens with one attached hydrogen (secondary N) is 1. The van der Waals surface area contributed by atoms with E-state index in [9.17, 15) is 9.18 Å². The molecule has 4 nitrogen and oxygen atoms in total. The highest BCUT2D eigenvalue weighted by Crippen LogP contribution is 2.23. The van der Waals surface area contributed by atoms with E-state index in [1.807, 2.05) is 0 Å². The second-order valence-corrected chi connectivity index (χ2v) is 3.92. The van der Waals surface area contributed by atoms with Crippen molar-refractivity contribution in [1.29, 1.82) is 0 Å². The molecule has 6 heteroatoms. The Morgan fingerprint density at radius 1 is 1.44 bits per heavy atom. The number of aromatic nitrogens is 2. The summed E-state index contributed by atoms with van der Waals surface area (Å²) < 4.78 is 13.3. The number of halogens is 2. The van der Waals surface area contributed by atoms with Gasteiger partial charge >= 0.3 is 0 Å². The second kappa shape index (κ2) is 4.05. The van der Waals surface area contributed by atoms with Gasteiger partial charge in [0.2, 0.25) is 5.95 Å². The third kappa shape index (κ3) is 1.96. The predicted octanol–water partition coefficient (Wildman–Crippen LogP) is 1.92. The van der Waals surface area contributed by atoms with E-state index >= 15 is 0 Å². The van der Waals surface area contributed by atoms with Gasteiger partial charge in [-0.15, -0.1) is 0 Å². The lowest BCUT2D eigenvalue weighted by Gasteiger charge is -2.04. The quantitative estimate of drug-likeness (QED) is 0.840. The van der Waals surface area contributed by atoms with Crippen molar-refractivity contribution >= 4 is 21.9 Å². The lowest BCUT2D eigenvalue weighted by molar-refractivity contribution is 0.628. The zero-order chi connectivity index (χ0) is 11.7. The number of hydrogen-bond donors (Lipinski definition) is 2. The molecule has 0 saturated heterocycles. The smallest absolute Gasteiger partial charge is 0.267 e. The summed E-state index contributed by atoms with van der Waals surface area (Å²) in [7, 11) is 0. The summed E-state index contributed by atoms with van der Waals surface area (Å²) in [5.41, 5.74) is 5.84. The molecule has 16 heavy (non-hydrogen) atoms. The van der Waals surface area contributed by atoms with Crippen molar-refractivity contribution in [1.82, 2.24) is 9.97 Å². The summed E-state index contributed by atoms with van der Waals surface area (Å²) in [5, 5.41) is 0. The highest BCUT2D eigenvalue weighted by Gasteiger charge is 2.10. The van der Waals surface area contributed by atoms with Crippen molar-refractivity contribution in [3.8, 4) is 11.3 Å². The molecule has 0 fully saturated rings. The number of H-pyrrole nitrogens is 1. The van der Waals surface area contributed by atoms with Gasteiger partial charge in [0.05, 0.1) is 5.69 Å². The van der Waals surface area contributed by atoms with E-state index in [2.05, 4.69) is 25.9 Å². The first-order chi connectivity index (χ1) is 7.58. The Kier molecular flexibility index (Phi) is 2.74. The Balaban J connectivity index is 2.69. The molecule has 0 unspecified atom stereocenters. The summed E-state index contributed by atoms with van der Waals surface area (Å²) in [4.78, 5) is 17.7. The Labute approximate surface area is 98.5 Å². The SMILES string of the molecule is Nc1nc(-c2cccc(F)c2)c(Br)c(=O)[nH]1. The third-order valence-electron chi connectivity index (χ3n) is 1.98. The Hall–Kier alpha value is -1.69. The zero-order valence-corrected chi connectivity index (χ0v) is 9.58. The van der Waals surface area contributed by atoms with Gasteiger partial charge in [-0.25, -0.2) is 9.37 Å². The lowest BCUT2D eigenvalue weighted by atomic mass is 10.1. The van der Waals surface area contributed by atoms with Crippen LogP contribution in [0, 0.1) is 5.82 Å². The van der Waals surface area contributed by atoms with E-state index < -0.39 is 11.4 Å². The van der Waals surface area contributed by atoms with Crippen molar-refractivity contribution < 1.29 is 4.39 Å². The average Bonchev–Trinajstić information content (AvgIpc) is 2.23. The average molecular weight is 284 g/mol. The molecule has 3 N–H and O–H groups in total. The van der Waals surface area contributed by atoms with E-state index in [1.54, 1.807) is 6.07 Å². The van der Waals surface area contributed by atoms with Crippen LogP contribution in [-0.2, 0) is 0 Å². The first kappa shape index (κ1) is 10.8. The first-order valence-corrected chi connectivity index (χ1v) is 5.18. The summed E-state index contributed by atoms with van der Waals surface area (Å²) in [6.07, 6.45) is 0. The van der Waals surface area contributed by atoms with Crippen molar-refractivity contribution in [2.45, 2.75) is 0 Å². The van der Waals surface area contributed by atoms with E-state index in [0.29, 0.717) is 11.3 Å². The van der Waals surface area contributed by atoms with Crippen LogP contribution in [0.15, 0.2) is 33.5 Å². The van der Waals surface area contributed by atoms with Crippen LogP contribution in [0.5, 0.6) is 0 Å². The molecule has 82 valence electrons. The number of nitrogens with two attached hydrogens (primary N) is 1. The van der Waals surface area contributed by atoms with E-state index in [1.165, 1.54) is 18.2 Å². The van der Waals surface area contributed by atoms with Gasteiger partial charge in [-0.1, -0.05) is 12.1 Å². The monoisotopic (exact) mass is 283 g/mol. The molecule has 2 rings (SSSR count). The molecule has 0 spiro atoms. The standard InChI is InChI=1S/C10H7BrFN3O/c11-7-8(14-10(13)15-9(7)16)5-2-1-3-6(12)4-5/h1-4H,(H3,13,14,15,16). The highest BCUT2D eigenvalue weighted by molar-refractivity contribution is 9.10. The number of anilines is 1. The van der Waals surface area contributed by atoms with Gasteiger partial charge < -0.3 is 5.73 Å². The third-order valence-corrected chi connectivity index (χ3v) is 2.71. The second-order valence-electron chi connectivity index (χ2n) is 3.12. The number of nitrogens with zero attached hydrogens (tertiary/aromatic N) is 1. The molecule has 0 radical (unpaired) electrons. The van der Waals surface area contributed by atoms with Crippen LogP contribution in [0.4, 0.5) is 10.3 Å². The molecule has 1 aromatic heterocycles. The molecule has 0 aliphatic rings. The summed E-state index contributed by atoms with van der Waals surface area (Å²) >= 11 is 3.09. The number of nitrogen functional groups attached to an aromatic ring is 1. The molecule has 1 heterocycles. The Morgan fingerprint density at radius 3 is 2.88 bits per heavy atom. The fraction of sp³-hybridized carbons (Fsp3) is 0. The molecule has 0 bridgehead atoms. The Morgan fingerprint density at radius 2 is 2.19 bits per heavy atom. The highest BCUT2D eigenvalue weighted by atomic mass is 79.9. The van der Waals surface area contributed by atoms with Crippen LogP contribution in [-0.4, -0.2) is 9.97 Å². The number of aromatic amines is 1. The van der Waals surface area contributed by atoms with Gasteiger partial charge in [0.1, 0.15) is 10.3 Å². The van der Waals surface area contributed by atoms with Crippen LogP contribution >= 0.6 is 15.9 Å². The van der Waals surface area contributed by atoms with Gasteiger partial charge in [-0.2, -0.15) is 0 Å². The number of benzene rings is 1. The van der Waals surface area contributed by atoms with Gasteiger partial charge in [-0.3, -0.25) is 9.78 Å². The minimum atomic E-state index is -0.398. The summed E-state index contributed by atoms with van der Waals surface area (Å²) in [6.45, 7) is 0. The molecule has 0 aliphatic carbocycles. The molecule has 0 aliphatic heterocycles. The van der Waals surface area contributed by atoms with Gasteiger partial charge in [0.15, 0.2) is 0 Å². The van der Waals surface area contributed by atoms with Crippen molar-refractivity contribution in [2.24, 2.45) is 0 Å². The van der Waals surface area contributed by atoms with Gasteiger partial charge in [-0.05, 0) is 28.1 Å². The topological polar surface area (TPSA) is 71.8 Å². The summed E-state index contributed by atoms with van der Waals surface area (Å²) in [6, 6.07) is 5.78. The lowest BCUT2D eigenvalue weighted by Crippen LogP contribution is -2.13. The van der Waals surface area contributed by atoms with Crippen molar-refractivity contribution in [2.75, 3.05) is 5.73 Å². The maximum Gasteiger partial charge on any atom is 0.267 e. The van der Waals surface area contributed by atoms with Crippen molar-refractivity contribution in [3.05, 3.63) is 44.9 Å². The van der Waals surface area contributed by atoms with E-state index in [-0.39, 0.29) is 10.4 Å². The predicted molar refractivity (Wildman–Crippen MR) is 62.4 cm³/mol. The van der Waals surface area contributed by atoms with Crippen LogP contribution in [0.1, 0.15) is 0 Å². The fourth-order valence-electron chi connectivity index (χ4n) is 1.30. The molecule has 0 amide bonds. The number of rotatable bonds is 1. The maximum atomic E-state index is 13.0. The maximum absolute atomic E-state index is 13.0. The molecule has 0 atom stereocenters. The van der Waals surface area contributed by atoms with Crippen LogP contribution in [0.25, 0.3) is 11.3 Å². The van der Waals surface area contributed by atoms with Crippen LogP contribution in [0.2, 0.25) is 0 Å². The molecular formula is C10H7BrFN3O. The van der Waals surface area contributed by atoms with Gasteiger partial charge in [0, 0.05) is 5.56 Å². The fourth-order valence-corrected chi connectivity index (χ4v) is 1.72. The molecule has 0 saturated carbocycles. The van der Waals surface area contributed by atoms with Crippen molar-refractivity contribution in [3.63, 3.8) is 0 Å².